The van der Waals surface area contributed by atoms with Crippen molar-refractivity contribution in [2.75, 3.05) is 32.6 Å². The molecule has 0 saturated carbocycles. The number of nitrogens with one attached hydrogen (secondary N) is 1. The summed E-state index contributed by atoms with van der Waals surface area (Å²) in [5.41, 5.74) is 2.60. The van der Waals surface area contributed by atoms with E-state index in [0.717, 1.165) is 44.9 Å². The summed E-state index contributed by atoms with van der Waals surface area (Å²) < 4.78 is 6.77. The molecule has 5 heteroatoms. The Morgan fingerprint density at radius 3 is 2.79 bits per heavy atom. The van der Waals surface area contributed by atoms with E-state index in [4.69, 9.17) is 4.74 Å². The minimum absolute atomic E-state index is 0.0463. The van der Waals surface area contributed by atoms with Crippen molar-refractivity contribution in [1.82, 2.24) is 5.32 Å². The molecule has 1 aromatic heterocycles. The summed E-state index contributed by atoms with van der Waals surface area (Å²) in [7, 11) is 5.65. The Labute approximate surface area is 170 Å². The molecule has 0 amide bonds. The van der Waals surface area contributed by atoms with Gasteiger partial charge in [0.15, 0.2) is 5.78 Å². The summed E-state index contributed by atoms with van der Waals surface area (Å²) in [6.07, 6.45) is 3.35. The smallest absolute Gasteiger partial charge is 0.196 e. The maximum atomic E-state index is 13.5. The van der Waals surface area contributed by atoms with E-state index in [1.165, 1.54) is 12.8 Å². The number of hydrogen-bond donors (Lipinski definition) is 1. The molecule has 0 spiro atoms. The molecule has 2 aromatic carbocycles. The Morgan fingerprint density at radius 1 is 1.25 bits per heavy atom. The molecule has 4 rings (SSSR count). The molecule has 0 bridgehead atoms. The van der Waals surface area contributed by atoms with Gasteiger partial charge in [0.1, 0.15) is 10.8 Å². The van der Waals surface area contributed by atoms with Crippen molar-refractivity contribution in [3.05, 3.63) is 59.2 Å². The summed E-state index contributed by atoms with van der Waals surface area (Å²) in [6, 6.07) is 14.5. The van der Waals surface area contributed by atoms with Gasteiger partial charge in [-0.2, -0.15) is 0 Å². The third kappa shape index (κ3) is 3.52. The average Bonchev–Trinajstić information content (AvgIpc) is 3.35. The molecule has 146 valence electrons. The van der Waals surface area contributed by atoms with Crippen LogP contribution in [-0.4, -0.2) is 39.6 Å². The van der Waals surface area contributed by atoms with E-state index in [1.807, 2.05) is 49.3 Å². The molecule has 3 aromatic rings. The van der Waals surface area contributed by atoms with E-state index in [9.17, 15) is 4.79 Å². The van der Waals surface area contributed by atoms with Crippen LogP contribution in [0.3, 0.4) is 0 Å². The standard InChI is InChI=1S/C23H26N2O2S/c1-25(2)23-21(18-8-4-5-9-20(18)28-23)22(26)16-11-10-15(19(14-16)27-3)13-17-7-6-12-24-17/h4-5,8-11,14,17,24H,6-7,12-13H2,1-3H3. The van der Waals surface area contributed by atoms with Crippen LogP contribution in [0.25, 0.3) is 10.1 Å². The number of fused-ring (bicyclic) bond motifs is 1. The number of carbonyl (C=O) groups excluding carboxylic acids is 1. The van der Waals surface area contributed by atoms with Crippen LogP contribution in [0.15, 0.2) is 42.5 Å². The molecule has 28 heavy (non-hydrogen) atoms. The van der Waals surface area contributed by atoms with Crippen LogP contribution in [-0.2, 0) is 6.42 Å². The molecule has 1 unspecified atom stereocenters. The first-order valence-corrected chi connectivity index (χ1v) is 10.5. The highest BCUT2D eigenvalue weighted by Gasteiger charge is 2.23. The first kappa shape index (κ1) is 19.0. The lowest BCUT2D eigenvalue weighted by Gasteiger charge is -2.15. The SMILES string of the molecule is COc1cc(C(=O)c2c(N(C)C)sc3ccccc23)ccc1CC1CCCN1. The maximum absolute atomic E-state index is 13.5. The highest BCUT2D eigenvalue weighted by Crippen LogP contribution is 2.39. The predicted octanol–water partition coefficient (Wildman–Crippen LogP) is 4.50. The second-order valence-electron chi connectivity index (χ2n) is 7.53. The van der Waals surface area contributed by atoms with Gasteiger partial charge in [-0.1, -0.05) is 30.3 Å². The van der Waals surface area contributed by atoms with Crippen molar-refractivity contribution in [1.29, 1.82) is 0 Å². The van der Waals surface area contributed by atoms with Crippen molar-refractivity contribution in [2.45, 2.75) is 25.3 Å². The highest BCUT2D eigenvalue weighted by molar-refractivity contribution is 7.23. The maximum Gasteiger partial charge on any atom is 0.196 e. The largest absolute Gasteiger partial charge is 0.496 e. The topological polar surface area (TPSA) is 41.6 Å². The normalized spacial score (nSPS) is 16.5. The number of methoxy groups -OCH3 is 1. The van der Waals surface area contributed by atoms with Crippen LogP contribution in [0, 0.1) is 0 Å². The van der Waals surface area contributed by atoms with E-state index in [1.54, 1.807) is 18.4 Å². The molecular formula is C23H26N2O2S. The zero-order valence-electron chi connectivity index (χ0n) is 16.6. The highest BCUT2D eigenvalue weighted by atomic mass is 32.1. The molecule has 1 aliphatic rings. The van der Waals surface area contributed by atoms with Gasteiger partial charge in [-0.05, 0) is 43.5 Å². The van der Waals surface area contributed by atoms with Gasteiger partial charge in [0.2, 0.25) is 0 Å². The van der Waals surface area contributed by atoms with Crippen LogP contribution in [0.5, 0.6) is 5.75 Å². The summed E-state index contributed by atoms with van der Waals surface area (Å²) >= 11 is 1.65. The third-order valence-corrected chi connectivity index (χ3v) is 6.73. The predicted molar refractivity (Wildman–Crippen MR) is 117 cm³/mol. The summed E-state index contributed by atoms with van der Waals surface area (Å²) in [5.74, 6) is 0.843. The lowest BCUT2D eigenvalue weighted by molar-refractivity contribution is 0.104. The molecule has 1 saturated heterocycles. The van der Waals surface area contributed by atoms with E-state index < -0.39 is 0 Å². The zero-order chi connectivity index (χ0) is 19.7. The van der Waals surface area contributed by atoms with E-state index in [2.05, 4.69) is 17.4 Å². The van der Waals surface area contributed by atoms with E-state index in [-0.39, 0.29) is 5.78 Å². The number of ether oxygens (including phenoxy) is 1. The van der Waals surface area contributed by atoms with Crippen LogP contribution < -0.4 is 15.0 Å². The molecule has 2 heterocycles. The van der Waals surface area contributed by atoms with Crippen molar-refractivity contribution in [2.24, 2.45) is 0 Å². The number of ketones is 1. The second-order valence-corrected chi connectivity index (χ2v) is 8.56. The first-order chi connectivity index (χ1) is 13.6. The van der Waals surface area contributed by atoms with Crippen molar-refractivity contribution in [3.8, 4) is 5.75 Å². The minimum atomic E-state index is 0.0463. The van der Waals surface area contributed by atoms with Gasteiger partial charge in [-0.15, -0.1) is 11.3 Å². The third-order valence-electron chi connectivity index (χ3n) is 5.39. The Hall–Kier alpha value is -2.37. The number of thiophene rings is 1. The Kier molecular flexibility index (Phi) is 5.38. The average molecular weight is 395 g/mol. The Morgan fingerprint density at radius 2 is 2.07 bits per heavy atom. The van der Waals surface area contributed by atoms with Gasteiger partial charge >= 0.3 is 0 Å². The van der Waals surface area contributed by atoms with Crippen LogP contribution in [0.1, 0.15) is 34.3 Å². The molecule has 0 radical (unpaired) electrons. The molecule has 1 N–H and O–H groups in total. The molecule has 1 atom stereocenters. The van der Waals surface area contributed by atoms with Gasteiger partial charge in [0.25, 0.3) is 0 Å². The minimum Gasteiger partial charge on any atom is -0.496 e. The lowest BCUT2D eigenvalue weighted by Crippen LogP contribution is -2.23. The van der Waals surface area contributed by atoms with Gasteiger partial charge in [-0.25, -0.2) is 0 Å². The number of nitrogens with zero attached hydrogens (tertiary/aromatic N) is 1. The van der Waals surface area contributed by atoms with Crippen LogP contribution in [0.4, 0.5) is 5.00 Å². The molecule has 0 aliphatic carbocycles. The summed E-state index contributed by atoms with van der Waals surface area (Å²) in [6.45, 7) is 1.09. The van der Waals surface area contributed by atoms with Gasteiger partial charge in [0, 0.05) is 35.8 Å². The number of rotatable bonds is 6. The van der Waals surface area contributed by atoms with Crippen LogP contribution >= 0.6 is 11.3 Å². The lowest BCUT2D eigenvalue weighted by atomic mass is 9.97. The fourth-order valence-electron chi connectivity index (χ4n) is 3.96. The number of benzene rings is 2. The van der Waals surface area contributed by atoms with Crippen LogP contribution in [0.2, 0.25) is 0 Å². The number of carbonyl (C=O) groups is 1. The Balaban J connectivity index is 1.72. The number of anilines is 1. The van der Waals surface area contributed by atoms with E-state index in [0.29, 0.717) is 11.6 Å². The summed E-state index contributed by atoms with van der Waals surface area (Å²) in [4.78, 5) is 15.5. The monoisotopic (exact) mass is 394 g/mol. The molecule has 1 aliphatic heterocycles. The van der Waals surface area contributed by atoms with Gasteiger partial charge in [-0.3, -0.25) is 4.79 Å². The van der Waals surface area contributed by atoms with E-state index >= 15 is 0 Å². The fraction of sp³-hybridized carbons (Fsp3) is 0.348. The second kappa shape index (κ2) is 7.94. The van der Waals surface area contributed by atoms with Gasteiger partial charge in [0.05, 0.1) is 12.7 Å². The molecular weight excluding hydrogens is 368 g/mol. The fourth-order valence-corrected chi connectivity index (χ4v) is 5.08. The van der Waals surface area contributed by atoms with Crippen molar-refractivity contribution in [3.63, 3.8) is 0 Å². The number of hydrogen-bond acceptors (Lipinski definition) is 5. The zero-order valence-corrected chi connectivity index (χ0v) is 17.4. The van der Waals surface area contributed by atoms with Crippen molar-refractivity contribution < 1.29 is 9.53 Å². The molecule has 1 fully saturated rings. The molecule has 4 nitrogen and oxygen atoms in total. The van der Waals surface area contributed by atoms with Crippen molar-refractivity contribution >= 4 is 32.2 Å². The Bertz CT molecular complexity index is 1000. The van der Waals surface area contributed by atoms with Gasteiger partial charge < -0.3 is 15.0 Å². The first-order valence-electron chi connectivity index (χ1n) is 9.72. The summed E-state index contributed by atoms with van der Waals surface area (Å²) in [5, 5.41) is 5.53. The quantitative estimate of drug-likeness (QED) is 0.625.